The number of hydrogen-bond donors (Lipinski definition) is 2. The van der Waals surface area contributed by atoms with Gasteiger partial charge >= 0.3 is 5.97 Å². The molecule has 9 heteroatoms. The van der Waals surface area contributed by atoms with E-state index in [4.69, 9.17) is 14.7 Å². The predicted molar refractivity (Wildman–Crippen MR) is 114 cm³/mol. The molecule has 0 bridgehead atoms. The minimum atomic E-state index is -0.906. The van der Waals surface area contributed by atoms with Crippen LogP contribution in [0.4, 0.5) is 4.39 Å². The molecule has 1 atom stereocenters. The molecule has 1 aliphatic carbocycles. The van der Waals surface area contributed by atoms with Crippen molar-refractivity contribution in [1.82, 2.24) is 5.32 Å². The minimum absolute atomic E-state index is 0.0233. The minimum Gasteiger partial charge on any atom is -0.507 e. The highest BCUT2D eigenvalue weighted by atomic mass is 19.1. The Kier molecular flexibility index (Phi) is 6.98. The Morgan fingerprint density at radius 1 is 1.36 bits per heavy atom. The fourth-order valence-electron chi connectivity index (χ4n) is 3.87. The lowest BCUT2D eigenvalue weighted by Crippen LogP contribution is -2.41. The second-order valence-corrected chi connectivity index (χ2v) is 8.85. The van der Waals surface area contributed by atoms with Gasteiger partial charge in [-0.1, -0.05) is 6.07 Å². The Morgan fingerprint density at radius 2 is 2.09 bits per heavy atom. The maximum absolute atomic E-state index is 14.1. The van der Waals surface area contributed by atoms with Crippen molar-refractivity contribution in [3.05, 3.63) is 57.6 Å². The third-order valence-electron chi connectivity index (χ3n) is 5.29. The van der Waals surface area contributed by atoms with Gasteiger partial charge in [-0.25, -0.2) is 4.39 Å². The first kappa shape index (κ1) is 24.1. The summed E-state index contributed by atoms with van der Waals surface area (Å²) in [7, 11) is 0. The SMILES string of the molecule is CC(C)(C)OC(=O)CNC(=O)C1=C(O)C2=C(CCOC2)C(Cc2ccc(C#N)c(F)c2)C1=O. The van der Waals surface area contributed by atoms with Crippen LogP contribution in [0, 0.1) is 23.1 Å². The van der Waals surface area contributed by atoms with Crippen LogP contribution >= 0.6 is 0 Å². The van der Waals surface area contributed by atoms with Gasteiger partial charge in [-0.15, -0.1) is 0 Å². The van der Waals surface area contributed by atoms with E-state index in [1.54, 1.807) is 32.9 Å². The van der Waals surface area contributed by atoms with Crippen molar-refractivity contribution in [2.24, 2.45) is 5.92 Å². The smallest absolute Gasteiger partial charge is 0.325 e. The highest BCUT2D eigenvalue weighted by Crippen LogP contribution is 2.37. The van der Waals surface area contributed by atoms with Gasteiger partial charge in [-0.05, 0) is 56.9 Å². The highest BCUT2D eigenvalue weighted by molar-refractivity contribution is 6.22. The maximum Gasteiger partial charge on any atom is 0.325 e. The summed E-state index contributed by atoms with van der Waals surface area (Å²) in [5.41, 5.74) is 0.129. The van der Waals surface area contributed by atoms with Gasteiger partial charge in [0, 0.05) is 11.5 Å². The summed E-state index contributed by atoms with van der Waals surface area (Å²) in [5.74, 6) is -4.21. The molecule has 1 aromatic rings. The third kappa shape index (κ3) is 5.46. The number of carbonyl (C=O) groups excluding carboxylic acids is 3. The number of benzene rings is 1. The fraction of sp³-hybridized carbons (Fsp3) is 0.417. The molecule has 1 heterocycles. The van der Waals surface area contributed by atoms with Gasteiger partial charge in [0.05, 0.1) is 18.8 Å². The molecule has 8 nitrogen and oxygen atoms in total. The van der Waals surface area contributed by atoms with Crippen molar-refractivity contribution in [3.63, 3.8) is 0 Å². The molecule has 0 saturated carbocycles. The number of nitrogens with zero attached hydrogens (tertiary/aromatic N) is 1. The summed E-state index contributed by atoms with van der Waals surface area (Å²) < 4.78 is 24.6. The van der Waals surface area contributed by atoms with E-state index >= 15 is 0 Å². The zero-order chi connectivity index (χ0) is 24.3. The van der Waals surface area contributed by atoms with E-state index in [1.807, 2.05) is 0 Å². The summed E-state index contributed by atoms with van der Waals surface area (Å²) in [6.45, 7) is 4.93. The first-order chi connectivity index (χ1) is 15.5. The van der Waals surface area contributed by atoms with Crippen LogP contribution in [0.3, 0.4) is 0 Å². The molecule has 0 saturated heterocycles. The van der Waals surface area contributed by atoms with E-state index in [1.165, 1.54) is 12.1 Å². The van der Waals surface area contributed by atoms with E-state index in [0.29, 0.717) is 29.7 Å². The van der Waals surface area contributed by atoms with E-state index in [9.17, 15) is 23.9 Å². The summed E-state index contributed by atoms with van der Waals surface area (Å²) in [5, 5.41) is 22.0. The molecule has 1 unspecified atom stereocenters. The standard InChI is InChI=1S/C24H25FN2O6/c1-24(2,3)33-19(28)11-27-23(31)20-21(29)16(15-6-7-32-12-17(15)22(20)30)8-13-4-5-14(10-26)18(25)9-13/h4-5,9,16,30H,6-8,11-12H2,1-3H3,(H,27,31). The number of amides is 1. The normalized spacial score (nSPS) is 18.5. The quantitative estimate of drug-likeness (QED) is 0.515. The molecule has 2 aliphatic rings. The molecule has 1 amide bonds. The van der Waals surface area contributed by atoms with Crippen LogP contribution < -0.4 is 5.32 Å². The van der Waals surface area contributed by atoms with Gasteiger partial charge in [0.1, 0.15) is 35.4 Å². The maximum atomic E-state index is 14.1. The Labute approximate surface area is 190 Å². The number of nitrogens with one attached hydrogen (secondary N) is 1. The lowest BCUT2D eigenvalue weighted by Gasteiger charge is -2.31. The van der Waals surface area contributed by atoms with E-state index in [2.05, 4.69) is 5.32 Å². The monoisotopic (exact) mass is 456 g/mol. The molecule has 174 valence electrons. The lowest BCUT2D eigenvalue weighted by molar-refractivity contribution is -0.154. The van der Waals surface area contributed by atoms with Crippen molar-refractivity contribution in [3.8, 4) is 6.07 Å². The van der Waals surface area contributed by atoms with Crippen LogP contribution in [0.25, 0.3) is 0 Å². The number of aliphatic hydroxyl groups is 1. The van der Waals surface area contributed by atoms with Gasteiger partial charge in [-0.2, -0.15) is 5.26 Å². The number of esters is 1. The van der Waals surface area contributed by atoms with Crippen LogP contribution in [-0.4, -0.2) is 48.1 Å². The number of hydrogen-bond acceptors (Lipinski definition) is 7. The summed E-state index contributed by atoms with van der Waals surface area (Å²) >= 11 is 0. The van der Waals surface area contributed by atoms with Crippen LogP contribution in [0.1, 0.15) is 38.3 Å². The first-order valence-corrected chi connectivity index (χ1v) is 10.5. The zero-order valence-electron chi connectivity index (χ0n) is 18.7. The number of aliphatic hydroxyl groups excluding tert-OH is 1. The van der Waals surface area contributed by atoms with E-state index in [0.717, 1.165) is 0 Å². The Morgan fingerprint density at radius 3 is 2.73 bits per heavy atom. The van der Waals surface area contributed by atoms with Crippen LogP contribution in [0.2, 0.25) is 0 Å². The van der Waals surface area contributed by atoms with Crippen molar-refractivity contribution < 1.29 is 33.4 Å². The van der Waals surface area contributed by atoms with Gasteiger partial charge in [0.25, 0.3) is 5.91 Å². The zero-order valence-corrected chi connectivity index (χ0v) is 18.7. The second-order valence-electron chi connectivity index (χ2n) is 8.85. The number of rotatable bonds is 5. The highest BCUT2D eigenvalue weighted by Gasteiger charge is 2.40. The molecule has 1 aliphatic heterocycles. The van der Waals surface area contributed by atoms with Crippen molar-refractivity contribution in [2.45, 2.75) is 39.2 Å². The third-order valence-corrected chi connectivity index (χ3v) is 5.29. The van der Waals surface area contributed by atoms with Crippen LogP contribution in [-0.2, 0) is 30.3 Å². The molecule has 0 spiro atoms. The molecule has 1 aromatic carbocycles. The fourth-order valence-corrected chi connectivity index (χ4v) is 3.87. The van der Waals surface area contributed by atoms with Gasteiger partial charge < -0.3 is 19.9 Å². The molecular formula is C24H25FN2O6. The van der Waals surface area contributed by atoms with Crippen molar-refractivity contribution >= 4 is 17.7 Å². The average Bonchev–Trinajstić information content (AvgIpc) is 2.74. The Balaban J connectivity index is 1.87. The lowest BCUT2D eigenvalue weighted by atomic mass is 9.75. The summed E-state index contributed by atoms with van der Waals surface area (Å²) in [6, 6.07) is 5.82. The topological polar surface area (TPSA) is 126 Å². The molecule has 2 N–H and O–H groups in total. The molecular weight excluding hydrogens is 431 g/mol. The number of ether oxygens (including phenoxy) is 2. The Bertz CT molecular complexity index is 1110. The average molecular weight is 456 g/mol. The van der Waals surface area contributed by atoms with Crippen LogP contribution in [0.5, 0.6) is 0 Å². The summed E-state index contributed by atoms with van der Waals surface area (Å²) in [4.78, 5) is 38.0. The Hall–Kier alpha value is -3.51. The second kappa shape index (κ2) is 9.55. The number of Topliss-reactive ketones (excluding diaryl/α,β-unsaturated/α-hetero) is 1. The number of halogens is 1. The van der Waals surface area contributed by atoms with Gasteiger partial charge in [-0.3, -0.25) is 14.4 Å². The summed E-state index contributed by atoms with van der Waals surface area (Å²) in [6.07, 6.45) is 0.456. The van der Waals surface area contributed by atoms with Crippen LogP contribution in [0.15, 0.2) is 40.7 Å². The van der Waals surface area contributed by atoms with Crippen molar-refractivity contribution in [1.29, 1.82) is 5.26 Å². The van der Waals surface area contributed by atoms with E-state index < -0.39 is 52.9 Å². The number of nitriles is 1. The van der Waals surface area contributed by atoms with Gasteiger partial charge in [0.15, 0.2) is 5.78 Å². The first-order valence-electron chi connectivity index (χ1n) is 10.5. The number of carbonyl (C=O) groups is 3. The molecule has 33 heavy (non-hydrogen) atoms. The van der Waals surface area contributed by atoms with Crippen molar-refractivity contribution in [2.75, 3.05) is 19.8 Å². The van der Waals surface area contributed by atoms with E-state index in [-0.39, 0.29) is 18.6 Å². The largest absolute Gasteiger partial charge is 0.507 e. The molecule has 0 fully saturated rings. The van der Waals surface area contributed by atoms with Gasteiger partial charge in [0.2, 0.25) is 0 Å². The molecule has 0 radical (unpaired) electrons. The molecule has 0 aromatic heterocycles. The predicted octanol–water partition coefficient (Wildman–Crippen LogP) is 2.43. The molecule has 3 rings (SSSR count). The number of ketones is 1.